The quantitative estimate of drug-likeness (QED) is 0.0728. The van der Waals surface area contributed by atoms with Crippen LogP contribution < -0.4 is 15.2 Å². The Morgan fingerprint density at radius 3 is 2.13 bits per heavy atom. The van der Waals surface area contributed by atoms with Crippen LogP contribution in [0.15, 0.2) is 82.2 Å². The van der Waals surface area contributed by atoms with Crippen LogP contribution in [0.4, 0.5) is 28.0 Å². The first-order valence-corrected chi connectivity index (χ1v) is 18.0. The van der Waals surface area contributed by atoms with Gasteiger partial charge in [0.15, 0.2) is 16.7 Å². The topological polar surface area (TPSA) is 202 Å². The van der Waals surface area contributed by atoms with Gasteiger partial charge >= 0.3 is 28.3 Å². The molecule has 2 heterocycles. The molecule has 1 aliphatic heterocycles. The van der Waals surface area contributed by atoms with E-state index in [1.54, 1.807) is 24.3 Å². The third-order valence-corrected chi connectivity index (χ3v) is 10.0. The summed E-state index contributed by atoms with van der Waals surface area (Å²) in [5, 5.41) is 23.4. The number of carbonyl (C=O) groups is 3. The maximum atomic E-state index is 14.1. The van der Waals surface area contributed by atoms with Gasteiger partial charge in [-0.25, -0.2) is 14.5 Å². The number of nitrogens with one attached hydrogen (secondary N) is 1. The Kier molecular flexibility index (Phi) is 13.0. The number of rotatable bonds is 10. The number of phenols is 1. The number of urea groups is 1. The monoisotopic (exact) mass is 793 g/mol. The third kappa shape index (κ3) is 11.3. The molecule has 14 nitrogen and oxygen atoms in total. The van der Waals surface area contributed by atoms with E-state index in [0.29, 0.717) is 41.0 Å². The van der Waals surface area contributed by atoms with E-state index in [9.17, 15) is 40.7 Å². The number of carboxylic acids is 1. The number of carboxylic acid groups (broad SMARTS) is 1. The van der Waals surface area contributed by atoms with Gasteiger partial charge in [-0.05, 0) is 67.9 Å². The lowest BCUT2D eigenvalue weighted by molar-refractivity contribution is -0.918. The zero-order valence-corrected chi connectivity index (χ0v) is 30.7. The molecule has 55 heavy (non-hydrogen) atoms. The van der Waals surface area contributed by atoms with E-state index in [2.05, 4.69) is 10.5 Å². The predicted octanol–water partition coefficient (Wildman–Crippen LogP) is 5.06. The van der Waals surface area contributed by atoms with Crippen LogP contribution in [0, 0.1) is 19.7 Å². The molecule has 1 aromatic heterocycles. The summed E-state index contributed by atoms with van der Waals surface area (Å²) in [7, 11) is -2.18. The van der Waals surface area contributed by atoms with Gasteiger partial charge in [0.1, 0.15) is 47.5 Å². The molecule has 1 fully saturated rings. The molecule has 0 bridgehead atoms. The fourth-order valence-corrected chi connectivity index (χ4v) is 7.32. The molecular formula is C36H39F4N5O9S+2. The normalized spacial score (nSPS) is 17.3. The van der Waals surface area contributed by atoms with E-state index in [1.165, 1.54) is 67.0 Å². The first-order chi connectivity index (χ1) is 25.7. The molecule has 294 valence electrons. The highest BCUT2D eigenvalue weighted by Crippen LogP contribution is 2.26. The smallest absolute Gasteiger partial charge is 0.496 e. The largest absolute Gasteiger partial charge is 0.508 e. The van der Waals surface area contributed by atoms with Crippen molar-refractivity contribution in [3.8, 4) is 11.5 Å². The van der Waals surface area contributed by atoms with Crippen molar-refractivity contribution in [3.05, 3.63) is 101 Å². The summed E-state index contributed by atoms with van der Waals surface area (Å²) in [6, 6.07) is 16.7. The number of quaternary nitrogens is 1. The third-order valence-electron chi connectivity index (χ3n) is 8.54. The van der Waals surface area contributed by atoms with E-state index >= 15 is 0 Å². The second kappa shape index (κ2) is 17.1. The first-order valence-electron chi connectivity index (χ1n) is 16.5. The number of amides is 3. The van der Waals surface area contributed by atoms with Crippen LogP contribution in [0.1, 0.15) is 35.4 Å². The van der Waals surface area contributed by atoms with Crippen LogP contribution >= 0.6 is 0 Å². The van der Waals surface area contributed by atoms with Crippen LogP contribution in [-0.4, -0.2) is 88.8 Å². The lowest BCUT2D eigenvalue weighted by Gasteiger charge is -2.38. The van der Waals surface area contributed by atoms with Crippen molar-refractivity contribution in [1.29, 1.82) is 0 Å². The van der Waals surface area contributed by atoms with Crippen molar-refractivity contribution >= 4 is 39.4 Å². The number of piperidine rings is 1. The minimum atomic E-state index is -5.08. The number of aromatic nitrogens is 1. The maximum absolute atomic E-state index is 14.1. The number of nitrogens with zero attached hydrogens (tertiary/aromatic N) is 3. The standard InChI is InChI=1S/C34H36FN5O7S.C2HF3O2/c1-22-32(23(2)46-38-22)48(44,45)47-30-16-12-27(13-17-30)37-34(43)39(31(33(36)42)19-24-8-14-29(41)15-9-24)28-5-4-18-40(3,21-28)20-25-6-10-26(35)11-7-25;3-2(4,5)1(6)7/h6-17,31H,4-5,18-21H2,1-3H3,(H2-2,36,37,41,42,43);(H,6,7)/p+2/b39-28+;/t31-,40?;/m0./s1. The SMILES string of the molecule is Cc1noc(C)c1S(=O)(=O)Oc1ccc(NC(=O)/[N+](=C2\CCC[N+](C)(Cc3ccc(F)cc3)C2)[C@@H](Cc2ccc(O)cc2)C(N)=O)cc1.O=C(O)C(F)(F)F. The highest BCUT2D eigenvalue weighted by molar-refractivity contribution is 7.87. The molecule has 0 aliphatic carbocycles. The van der Waals surface area contributed by atoms with Gasteiger partial charge in [-0.3, -0.25) is 4.79 Å². The van der Waals surface area contributed by atoms with Crippen molar-refractivity contribution in [2.24, 2.45) is 5.73 Å². The van der Waals surface area contributed by atoms with E-state index in [1.807, 2.05) is 7.05 Å². The van der Waals surface area contributed by atoms with Gasteiger partial charge in [-0.1, -0.05) is 29.4 Å². The van der Waals surface area contributed by atoms with Crippen molar-refractivity contribution in [2.75, 3.05) is 25.5 Å². The van der Waals surface area contributed by atoms with Crippen molar-refractivity contribution in [1.82, 2.24) is 5.16 Å². The first kappa shape index (κ1) is 41.9. The molecule has 3 aromatic carbocycles. The number of aromatic hydroxyl groups is 1. The molecule has 3 amide bonds. The molecule has 1 aliphatic rings. The Balaban J connectivity index is 0.000000876. The fourth-order valence-electron chi connectivity index (χ4n) is 6.08. The van der Waals surface area contributed by atoms with E-state index in [-0.39, 0.29) is 40.1 Å². The number of primary amides is 1. The molecule has 4 aromatic rings. The number of anilines is 1. The molecular weight excluding hydrogens is 754 g/mol. The average molecular weight is 794 g/mol. The number of aryl methyl sites for hydroxylation is 2. The Morgan fingerprint density at radius 1 is 1.02 bits per heavy atom. The number of nitrogens with two attached hydrogens (primary N) is 1. The molecule has 1 unspecified atom stereocenters. The Hall–Kier alpha value is -5.82. The van der Waals surface area contributed by atoms with Gasteiger partial charge in [0.2, 0.25) is 0 Å². The molecule has 5 N–H and O–H groups in total. The number of phenolic OH excluding ortho intramolecular Hbond substituents is 1. The zero-order valence-electron chi connectivity index (χ0n) is 29.8. The van der Waals surface area contributed by atoms with Crippen LogP contribution in [0.2, 0.25) is 0 Å². The van der Waals surface area contributed by atoms with E-state index in [0.717, 1.165) is 18.5 Å². The van der Waals surface area contributed by atoms with E-state index < -0.39 is 40.2 Å². The predicted molar refractivity (Wildman–Crippen MR) is 188 cm³/mol. The number of halogens is 4. The summed E-state index contributed by atoms with van der Waals surface area (Å²) < 4.78 is 83.2. The number of hydrogen-bond donors (Lipinski definition) is 4. The highest BCUT2D eigenvalue weighted by atomic mass is 32.2. The highest BCUT2D eigenvalue weighted by Gasteiger charge is 2.40. The molecule has 0 spiro atoms. The number of aliphatic carboxylic acids is 1. The number of likely N-dealkylation sites (tertiary alicyclic amines) is 1. The van der Waals surface area contributed by atoms with Gasteiger partial charge in [0.05, 0.1) is 13.6 Å². The Morgan fingerprint density at radius 2 is 1.60 bits per heavy atom. The number of carbonyl (C=O) groups excluding carboxylic acids is 2. The fraction of sp³-hybridized carbons (Fsp3) is 0.306. The van der Waals surface area contributed by atoms with Crippen LogP contribution in [0.25, 0.3) is 0 Å². The molecule has 0 radical (unpaired) electrons. The zero-order chi connectivity index (χ0) is 40.7. The lowest BCUT2D eigenvalue weighted by Crippen LogP contribution is -2.56. The molecule has 2 atom stereocenters. The number of alkyl halides is 3. The van der Waals surface area contributed by atoms with Crippen LogP contribution in [0.3, 0.4) is 0 Å². The molecule has 0 saturated carbocycles. The average Bonchev–Trinajstić information content (AvgIpc) is 3.45. The van der Waals surface area contributed by atoms with Gasteiger partial charge in [0, 0.05) is 24.8 Å². The van der Waals surface area contributed by atoms with Crippen LogP contribution in [0.5, 0.6) is 11.5 Å². The second-order valence-electron chi connectivity index (χ2n) is 13.1. The van der Waals surface area contributed by atoms with Crippen molar-refractivity contribution in [2.45, 2.75) is 56.8 Å². The molecule has 19 heteroatoms. The number of benzene rings is 3. The van der Waals surface area contributed by atoms with Crippen molar-refractivity contribution in [3.63, 3.8) is 0 Å². The van der Waals surface area contributed by atoms with Gasteiger partial charge < -0.3 is 29.1 Å². The lowest BCUT2D eigenvalue weighted by atomic mass is 10.0. The summed E-state index contributed by atoms with van der Waals surface area (Å²) in [4.78, 5) is 35.9. The number of hydrogen-bond acceptors (Lipinski definition) is 9. The summed E-state index contributed by atoms with van der Waals surface area (Å²) >= 11 is 0. The summed E-state index contributed by atoms with van der Waals surface area (Å²) in [5.74, 6) is -3.63. The van der Waals surface area contributed by atoms with E-state index in [4.69, 9.17) is 24.3 Å². The van der Waals surface area contributed by atoms with Gasteiger partial charge in [-0.15, -0.1) is 0 Å². The second-order valence-corrected chi connectivity index (χ2v) is 14.5. The van der Waals surface area contributed by atoms with Gasteiger partial charge in [0.25, 0.3) is 5.91 Å². The summed E-state index contributed by atoms with van der Waals surface area (Å²) in [5.41, 5.74) is 8.77. The summed E-state index contributed by atoms with van der Waals surface area (Å²) in [6.07, 6.45) is -3.72. The summed E-state index contributed by atoms with van der Waals surface area (Å²) in [6.45, 7) is 4.77. The van der Waals surface area contributed by atoms with Crippen LogP contribution in [-0.2, 0) is 32.7 Å². The van der Waals surface area contributed by atoms with Crippen molar-refractivity contribution < 1.29 is 68.3 Å². The Labute approximate surface area is 313 Å². The van der Waals surface area contributed by atoms with Gasteiger partial charge in [-0.2, -0.15) is 31.0 Å². The molecule has 5 rings (SSSR count). The molecule has 1 saturated heterocycles. The minimum absolute atomic E-state index is 0.00251. The maximum Gasteiger partial charge on any atom is 0.496 e. The Bertz CT molecular complexity index is 2140. The minimum Gasteiger partial charge on any atom is -0.508 e.